The van der Waals surface area contributed by atoms with Crippen LogP contribution < -0.4 is 5.73 Å². The van der Waals surface area contributed by atoms with E-state index in [0.29, 0.717) is 17.6 Å². The highest BCUT2D eigenvalue weighted by atomic mass is 35.5. The lowest BCUT2D eigenvalue weighted by molar-refractivity contribution is -0.136. The zero-order chi connectivity index (χ0) is 15.7. The molecule has 1 aromatic rings. The van der Waals surface area contributed by atoms with E-state index in [1.165, 1.54) is 0 Å². The molecule has 8 heteroatoms. The Morgan fingerprint density at radius 1 is 1.52 bits per heavy atom. The van der Waals surface area contributed by atoms with Crippen molar-refractivity contribution in [3.8, 4) is 0 Å². The average molecular weight is 361 g/mol. The van der Waals surface area contributed by atoms with Gasteiger partial charge in [-0.15, -0.1) is 24.2 Å². The molecular formula is C15H25ClN4O2S. The molecular weight excluding hydrogens is 336 g/mol. The number of carbonyl (C=O) groups is 1. The molecule has 2 aliphatic rings. The summed E-state index contributed by atoms with van der Waals surface area (Å²) in [5, 5.41) is 4.11. The van der Waals surface area contributed by atoms with Crippen molar-refractivity contribution < 1.29 is 9.32 Å². The minimum atomic E-state index is -0.445. The van der Waals surface area contributed by atoms with Crippen LogP contribution in [-0.4, -0.2) is 32.6 Å². The van der Waals surface area contributed by atoms with Crippen molar-refractivity contribution in [3.63, 3.8) is 0 Å². The van der Waals surface area contributed by atoms with E-state index < -0.39 is 5.54 Å². The van der Waals surface area contributed by atoms with Gasteiger partial charge in [0.25, 0.3) is 0 Å². The third-order valence-corrected chi connectivity index (χ3v) is 5.88. The molecule has 0 aromatic carbocycles. The zero-order valence-electron chi connectivity index (χ0n) is 13.7. The minimum Gasteiger partial charge on any atom is -0.337 e. The van der Waals surface area contributed by atoms with E-state index in [2.05, 4.69) is 10.1 Å². The van der Waals surface area contributed by atoms with Crippen molar-refractivity contribution in [1.29, 1.82) is 0 Å². The molecule has 1 aliphatic carbocycles. The molecule has 1 saturated carbocycles. The van der Waals surface area contributed by atoms with Gasteiger partial charge in [0.2, 0.25) is 11.8 Å². The van der Waals surface area contributed by atoms with E-state index in [1.54, 1.807) is 11.8 Å². The van der Waals surface area contributed by atoms with Crippen molar-refractivity contribution in [2.24, 2.45) is 11.7 Å². The number of thioether (sulfide) groups is 1. The Hall–Kier alpha value is -0.790. The summed E-state index contributed by atoms with van der Waals surface area (Å²) in [6, 6.07) is -0.113. The van der Waals surface area contributed by atoms with E-state index in [9.17, 15) is 4.79 Å². The first-order valence-corrected chi connectivity index (χ1v) is 9.22. The van der Waals surface area contributed by atoms with Crippen LogP contribution in [-0.2, 0) is 10.3 Å². The number of nitrogens with zero attached hydrogens (tertiary/aromatic N) is 3. The van der Waals surface area contributed by atoms with E-state index in [-0.39, 0.29) is 30.3 Å². The summed E-state index contributed by atoms with van der Waals surface area (Å²) in [5.74, 6) is 2.84. The first kappa shape index (κ1) is 18.5. The van der Waals surface area contributed by atoms with Crippen molar-refractivity contribution >= 4 is 30.1 Å². The highest BCUT2D eigenvalue weighted by Crippen LogP contribution is 2.37. The van der Waals surface area contributed by atoms with Gasteiger partial charge < -0.3 is 15.2 Å². The number of hydrogen-bond donors (Lipinski definition) is 1. The van der Waals surface area contributed by atoms with Crippen molar-refractivity contribution in [2.45, 2.75) is 57.5 Å². The van der Waals surface area contributed by atoms with Gasteiger partial charge in [-0.25, -0.2) is 0 Å². The summed E-state index contributed by atoms with van der Waals surface area (Å²) in [4.78, 5) is 18.9. The number of amides is 1. The topological polar surface area (TPSA) is 85.2 Å². The van der Waals surface area contributed by atoms with E-state index >= 15 is 0 Å². The van der Waals surface area contributed by atoms with Crippen LogP contribution in [0.5, 0.6) is 0 Å². The summed E-state index contributed by atoms with van der Waals surface area (Å²) >= 11 is 1.73. The van der Waals surface area contributed by atoms with Crippen LogP contribution in [0.3, 0.4) is 0 Å². The first-order chi connectivity index (χ1) is 10.5. The molecule has 2 atom stereocenters. The Bertz CT molecular complexity index is 547. The monoisotopic (exact) mass is 360 g/mol. The van der Waals surface area contributed by atoms with Gasteiger partial charge in [-0.05, 0) is 19.3 Å². The molecule has 6 nitrogen and oxygen atoms in total. The summed E-state index contributed by atoms with van der Waals surface area (Å²) < 4.78 is 5.47. The summed E-state index contributed by atoms with van der Waals surface area (Å²) in [6.07, 6.45) is 4.87. The molecule has 2 N–H and O–H groups in total. The van der Waals surface area contributed by atoms with Gasteiger partial charge >= 0.3 is 0 Å². The van der Waals surface area contributed by atoms with Crippen molar-refractivity contribution in [3.05, 3.63) is 11.7 Å². The van der Waals surface area contributed by atoms with E-state index in [4.69, 9.17) is 10.3 Å². The molecule has 2 heterocycles. The highest BCUT2D eigenvalue weighted by Gasteiger charge is 2.40. The molecule has 0 bridgehead atoms. The number of nitrogens with two attached hydrogens (primary N) is 1. The second kappa shape index (κ2) is 7.40. The third-order valence-electron chi connectivity index (χ3n) is 4.87. The Morgan fingerprint density at radius 3 is 2.87 bits per heavy atom. The molecule has 3 rings (SSSR count). The molecule has 130 valence electrons. The summed E-state index contributed by atoms with van der Waals surface area (Å²) in [5.41, 5.74) is 5.94. The predicted molar refractivity (Wildman–Crippen MR) is 92.2 cm³/mol. The number of rotatable bonds is 4. The largest absolute Gasteiger partial charge is 0.337 e. The van der Waals surface area contributed by atoms with Gasteiger partial charge in [-0.2, -0.15) is 4.98 Å². The van der Waals surface area contributed by atoms with Gasteiger partial charge in [0.1, 0.15) is 6.04 Å². The molecule has 2 unspecified atom stereocenters. The van der Waals surface area contributed by atoms with Gasteiger partial charge in [-0.3, -0.25) is 4.79 Å². The van der Waals surface area contributed by atoms with Crippen LogP contribution >= 0.6 is 24.2 Å². The van der Waals surface area contributed by atoms with Crippen LogP contribution in [0.25, 0.3) is 0 Å². The molecule has 1 aliphatic heterocycles. The van der Waals surface area contributed by atoms with Gasteiger partial charge in [0.05, 0.1) is 11.4 Å². The first-order valence-electron chi connectivity index (χ1n) is 8.06. The SMILES string of the molecule is CCC(C)C(=O)N1CSCC1c1nc(C2(N)CCCC2)no1.Cl. The number of hydrogen-bond acceptors (Lipinski definition) is 6. The lowest BCUT2D eigenvalue weighted by Crippen LogP contribution is -2.36. The molecule has 1 amide bonds. The Kier molecular flexibility index (Phi) is 5.97. The Labute approximate surface area is 147 Å². The Balaban J connectivity index is 0.00000192. The summed E-state index contributed by atoms with van der Waals surface area (Å²) in [7, 11) is 0. The second-order valence-corrected chi connectivity index (χ2v) is 7.45. The fourth-order valence-corrected chi connectivity index (χ4v) is 4.28. The van der Waals surface area contributed by atoms with E-state index in [1.807, 2.05) is 18.7 Å². The molecule has 1 aromatic heterocycles. The average Bonchev–Trinajstić information content (AvgIpc) is 3.24. The van der Waals surface area contributed by atoms with Crippen LogP contribution in [0.15, 0.2) is 4.52 Å². The molecule has 2 fully saturated rings. The fourth-order valence-electron chi connectivity index (χ4n) is 3.12. The standard InChI is InChI=1S/C15H24N4O2S.ClH/c1-3-10(2)13(20)19-9-22-8-11(19)12-17-14(18-21-12)15(16)6-4-5-7-15;/h10-11H,3-9,16H2,1-2H3;1H. The van der Waals surface area contributed by atoms with Crippen molar-refractivity contribution in [1.82, 2.24) is 15.0 Å². The van der Waals surface area contributed by atoms with Crippen LogP contribution in [0.4, 0.5) is 0 Å². The third kappa shape index (κ3) is 3.51. The van der Waals surface area contributed by atoms with Gasteiger partial charge in [-0.1, -0.05) is 31.8 Å². The maximum absolute atomic E-state index is 12.5. The minimum absolute atomic E-state index is 0. The molecule has 0 spiro atoms. The maximum atomic E-state index is 12.5. The molecule has 0 radical (unpaired) electrons. The Morgan fingerprint density at radius 2 is 2.22 bits per heavy atom. The quantitative estimate of drug-likeness (QED) is 0.888. The van der Waals surface area contributed by atoms with Crippen LogP contribution in [0.2, 0.25) is 0 Å². The maximum Gasteiger partial charge on any atom is 0.250 e. The normalized spacial score (nSPS) is 24.5. The second-order valence-electron chi connectivity index (χ2n) is 6.45. The fraction of sp³-hybridized carbons (Fsp3) is 0.800. The zero-order valence-corrected chi connectivity index (χ0v) is 15.3. The smallest absolute Gasteiger partial charge is 0.250 e. The number of carbonyl (C=O) groups excluding carboxylic acids is 1. The summed E-state index contributed by atoms with van der Waals surface area (Å²) in [6.45, 7) is 4.00. The predicted octanol–water partition coefficient (Wildman–Crippen LogP) is 2.84. The number of aromatic nitrogens is 2. The van der Waals surface area contributed by atoms with Gasteiger partial charge in [0.15, 0.2) is 5.82 Å². The van der Waals surface area contributed by atoms with Gasteiger partial charge in [0, 0.05) is 11.7 Å². The van der Waals surface area contributed by atoms with Crippen LogP contribution in [0, 0.1) is 5.92 Å². The van der Waals surface area contributed by atoms with E-state index in [0.717, 1.165) is 37.9 Å². The lowest BCUT2D eigenvalue weighted by atomic mass is 9.99. The molecule has 23 heavy (non-hydrogen) atoms. The highest BCUT2D eigenvalue weighted by molar-refractivity contribution is 7.99. The molecule has 1 saturated heterocycles. The van der Waals surface area contributed by atoms with Crippen LogP contribution in [0.1, 0.15) is 63.7 Å². The van der Waals surface area contributed by atoms with Crippen molar-refractivity contribution in [2.75, 3.05) is 11.6 Å². The number of halogens is 1. The lowest BCUT2D eigenvalue weighted by Gasteiger charge is -2.24.